The second-order valence-corrected chi connectivity index (χ2v) is 4.37. The molecule has 0 aliphatic heterocycles. The van der Waals surface area contributed by atoms with Crippen LogP contribution in [0.3, 0.4) is 0 Å². The van der Waals surface area contributed by atoms with Crippen molar-refractivity contribution >= 4 is 23.3 Å². The van der Waals surface area contributed by atoms with Crippen LogP contribution in [0.2, 0.25) is 0 Å². The molecule has 0 atom stereocenters. The van der Waals surface area contributed by atoms with Gasteiger partial charge in [-0.3, -0.25) is 4.98 Å². The summed E-state index contributed by atoms with van der Waals surface area (Å²) in [6.07, 6.45) is 0. The molecular formula is C12H9N3O2S. The fourth-order valence-corrected chi connectivity index (χ4v) is 2.10. The molecule has 5 nitrogen and oxygen atoms in total. The van der Waals surface area contributed by atoms with Gasteiger partial charge in [-0.05, 0) is 43.4 Å². The summed E-state index contributed by atoms with van der Waals surface area (Å²) < 4.78 is 5.38. The van der Waals surface area contributed by atoms with E-state index < -0.39 is 5.76 Å². The smallest absolute Gasteiger partial charge is 0.408 e. The molecule has 2 aromatic heterocycles. The quantitative estimate of drug-likeness (QED) is 0.658. The van der Waals surface area contributed by atoms with Gasteiger partial charge in [-0.25, -0.2) is 9.78 Å². The Hall–Kier alpha value is -2.21. The van der Waals surface area contributed by atoms with Gasteiger partial charge in [0.1, 0.15) is 0 Å². The molecule has 0 fully saturated rings. The lowest BCUT2D eigenvalue weighted by Gasteiger charge is -2.01. The Balaban J connectivity index is 2.24. The Bertz CT molecular complexity index is 844. The first-order chi connectivity index (χ1) is 8.61. The molecule has 0 spiro atoms. The molecule has 3 aromatic rings. The third-order valence-electron chi connectivity index (χ3n) is 2.59. The van der Waals surface area contributed by atoms with Gasteiger partial charge in [0, 0.05) is 11.3 Å². The average Bonchev–Trinajstić information content (AvgIpc) is 2.66. The number of rotatable bonds is 1. The number of fused-ring (bicyclic) bond motifs is 1. The maximum Gasteiger partial charge on any atom is 0.417 e. The van der Waals surface area contributed by atoms with Crippen LogP contribution in [0.1, 0.15) is 5.69 Å². The van der Waals surface area contributed by atoms with E-state index in [0.717, 1.165) is 17.0 Å². The van der Waals surface area contributed by atoms with Crippen LogP contribution in [0, 0.1) is 11.7 Å². The van der Waals surface area contributed by atoms with Crippen LogP contribution in [0.4, 0.5) is 0 Å². The number of hydrogen-bond acceptors (Lipinski definition) is 4. The van der Waals surface area contributed by atoms with Gasteiger partial charge >= 0.3 is 5.76 Å². The second kappa shape index (κ2) is 3.92. The van der Waals surface area contributed by atoms with Crippen molar-refractivity contribution in [2.75, 3.05) is 0 Å². The van der Waals surface area contributed by atoms with Crippen LogP contribution in [-0.2, 0) is 0 Å². The predicted molar refractivity (Wildman–Crippen MR) is 70.0 cm³/mol. The lowest BCUT2D eigenvalue weighted by Crippen LogP contribution is -1.93. The van der Waals surface area contributed by atoms with Crippen LogP contribution in [0.15, 0.2) is 33.5 Å². The molecule has 0 saturated heterocycles. The van der Waals surface area contributed by atoms with Crippen molar-refractivity contribution in [3.05, 3.63) is 45.3 Å². The first-order valence-electron chi connectivity index (χ1n) is 5.33. The number of aromatic nitrogens is 3. The Morgan fingerprint density at radius 3 is 2.89 bits per heavy atom. The van der Waals surface area contributed by atoms with Gasteiger partial charge in [-0.15, -0.1) is 0 Å². The number of hydrogen-bond donors (Lipinski definition) is 2. The topological polar surface area (TPSA) is 74.7 Å². The standard InChI is InChI=1S/C12H9N3O2S/c1-6-4-8(14-11(18)13-6)7-2-3-10-9(5-7)15-12(16)17-10/h2-5H,1H3,(H,15,16)(H,13,14,18). The van der Waals surface area contributed by atoms with Gasteiger partial charge < -0.3 is 9.40 Å². The van der Waals surface area contributed by atoms with Crippen molar-refractivity contribution in [2.45, 2.75) is 6.92 Å². The van der Waals surface area contributed by atoms with Gasteiger partial charge in [-0.2, -0.15) is 0 Å². The van der Waals surface area contributed by atoms with Gasteiger partial charge in [-0.1, -0.05) is 0 Å². The zero-order valence-electron chi connectivity index (χ0n) is 9.48. The number of aromatic amines is 2. The first-order valence-corrected chi connectivity index (χ1v) is 5.74. The highest BCUT2D eigenvalue weighted by Crippen LogP contribution is 2.21. The van der Waals surface area contributed by atoms with Gasteiger partial charge in [0.15, 0.2) is 10.4 Å². The molecule has 18 heavy (non-hydrogen) atoms. The van der Waals surface area contributed by atoms with Crippen LogP contribution in [0.25, 0.3) is 22.4 Å². The van der Waals surface area contributed by atoms with Gasteiger partial charge in [0.2, 0.25) is 0 Å². The molecule has 1 aromatic carbocycles. The summed E-state index contributed by atoms with van der Waals surface area (Å²) in [7, 11) is 0. The van der Waals surface area contributed by atoms with E-state index in [4.69, 9.17) is 16.6 Å². The van der Waals surface area contributed by atoms with E-state index in [0.29, 0.717) is 15.9 Å². The van der Waals surface area contributed by atoms with Crippen molar-refractivity contribution in [2.24, 2.45) is 0 Å². The lowest BCUT2D eigenvalue weighted by molar-refractivity contribution is 0.555. The molecule has 0 unspecified atom stereocenters. The highest BCUT2D eigenvalue weighted by Gasteiger charge is 2.05. The first kappa shape index (κ1) is 10.9. The lowest BCUT2D eigenvalue weighted by atomic mass is 10.1. The molecular weight excluding hydrogens is 250 g/mol. The van der Waals surface area contributed by atoms with Crippen LogP contribution in [0.5, 0.6) is 0 Å². The zero-order valence-corrected chi connectivity index (χ0v) is 10.3. The number of H-pyrrole nitrogens is 2. The van der Waals surface area contributed by atoms with E-state index >= 15 is 0 Å². The number of benzene rings is 1. The minimum atomic E-state index is -0.461. The molecule has 90 valence electrons. The number of nitrogens with zero attached hydrogens (tertiary/aromatic N) is 1. The number of aryl methyl sites for hydroxylation is 1. The number of nitrogens with one attached hydrogen (secondary N) is 2. The maximum absolute atomic E-state index is 11.1. The fraction of sp³-hybridized carbons (Fsp3) is 0.0833. The van der Waals surface area contributed by atoms with Crippen LogP contribution < -0.4 is 5.76 Å². The minimum Gasteiger partial charge on any atom is -0.408 e. The average molecular weight is 259 g/mol. The summed E-state index contributed by atoms with van der Waals surface area (Å²) in [6.45, 7) is 1.92. The monoisotopic (exact) mass is 259 g/mol. The second-order valence-electron chi connectivity index (χ2n) is 3.98. The molecule has 0 aliphatic rings. The third kappa shape index (κ3) is 1.86. The molecule has 2 heterocycles. The number of oxazole rings is 1. The van der Waals surface area contributed by atoms with Crippen LogP contribution >= 0.6 is 12.2 Å². The Morgan fingerprint density at radius 1 is 1.28 bits per heavy atom. The Labute approximate surface area is 107 Å². The predicted octanol–water partition coefficient (Wildman–Crippen LogP) is 2.55. The van der Waals surface area contributed by atoms with E-state index in [1.54, 1.807) is 6.07 Å². The van der Waals surface area contributed by atoms with E-state index in [9.17, 15) is 4.79 Å². The van der Waals surface area contributed by atoms with E-state index in [-0.39, 0.29) is 0 Å². The van der Waals surface area contributed by atoms with Crippen molar-refractivity contribution in [1.82, 2.24) is 15.0 Å². The molecule has 6 heteroatoms. The summed E-state index contributed by atoms with van der Waals surface area (Å²) in [4.78, 5) is 20.9. The highest BCUT2D eigenvalue weighted by atomic mass is 32.1. The summed E-state index contributed by atoms with van der Waals surface area (Å²) in [5.74, 6) is -0.461. The van der Waals surface area contributed by atoms with Gasteiger partial charge in [0.05, 0.1) is 11.2 Å². The van der Waals surface area contributed by atoms with E-state index in [2.05, 4.69) is 15.0 Å². The summed E-state index contributed by atoms with van der Waals surface area (Å²) in [5.41, 5.74) is 3.76. The van der Waals surface area contributed by atoms with E-state index in [1.807, 2.05) is 25.1 Å². The summed E-state index contributed by atoms with van der Waals surface area (Å²) >= 11 is 5.04. The molecule has 0 amide bonds. The zero-order chi connectivity index (χ0) is 12.7. The van der Waals surface area contributed by atoms with Crippen molar-refractivity contribution in [3.63, 3.8) is 0 Å². The molecule has 0 radical (unpaired) electrons. The Morgan fingerprint density at radius 2 is 2.11 bits per heavy atom. The third-order valence-corrected chi connectivity index (χ3v) is 2.79. The van der Waals surface area contributed by atoms with Crippen molar-refractivity contribution < 1.29 is 4.42 Å². The van der Waals surface area contributed by atoms with E-state index in [1.165, 1.54) is 0 Å². The summed E-state index contributed by atoms with van der Waals surface area (Å²) in [5, 5.41) is 0. The molecule has 2 N–H and O–H groups in total. The molecule has 0 aliphatic carbocycles. The van der Waals surface area contributed by atoms with Crippen LogP contribution in [-0.4, -0.2) is 15.0 Å². The minimum absolute atomic E-state index is 0.436. The largest absolute Gasteiger partial charge is 0.417 e. The van der Waals surface area contributed by atoms with Gasteiger partial charge in [0.25, 0.3) is 0 Å². The van der Waals surface area contributed by atoms with Crippen molar-refractivity contribution in [1.29, 1.82) is 0 Å². The SMILES string of the molecule is Cc1cc(-c2ccc3oc(=O)[nH]c3c2)nc(=S)[nH]1. The maximum atomic E-state index is 11.1. The fourth-order valence-electron chi connectivity index (χ4n) is 1.84. The molecule has 3 rings (SSSR count). The molecule has 0 saturated carbocycles. The summed E-state index contributed by atoms with van der Waals surface area (Å²) in [6, 6.07) is 7.29. The van der Waals surface area contributed by atoms with Crippen molar-refractivity contribution in [3.8, 4) is 11.3 Å². The highest BCUT2D eigenvalue weighted by molar-refractivity contribution is 7.71. The molecule has 0 bridgehead atoms. The normalized spacial score (nSPS) is 10.9. The Kier molecular flexibility index (Phi) is 2.38.